The van der Waals surface area contributed by atoms with Crippen molar-refractivity contribution in [3.8, 4) is 11.8 Å². The van der Waals surface area contributed by atoms with E-state index in [0.717, 1.165) is 51.7 Å². The molecule has 160 valence electrons. The summed E-state index contributed by atoms with van der Waals surface area (Å²) in [7, 11) is 1.83. The van der Waals surface area contributed by atoms with Crippen LogP contribution in [-0.2, 0) is 9.53 Å². The van der Waals surface area contributed by atoms with E-state index >= 15 is 0 Å². The minimum absolute atomic E-state index is 0.169. The van der Waals surface area contributed by atoms with Crippen LogP contribution in [0, 0.1) is 11.8 Å². The van der Waals surface area contributed by atoms with E-state index in [2.05, 4.69) is 22.1 Å². The van der Waals surface area contributed by atoms with Crippen LogP contribution >= 0.6 is 0 Å². The summed E-state index contributed by atoms with van der Waals surface area (Å²) >= 11 is 0. The van der Waals surface area contributed by atoms with Gasteiger partial charge in [-0.25, -0.2) is 4.79 Å². The predicted octanol–water partition coefficient (Wildman–Crippen LogP) is 3.41. The van der Waals surface area contributed by atoms with Crippen molar-refractivity contribution in [3.63, 3.8) is 0 Å². The van der Waals surface area contributed by atoms with Crippen LogP contribution in [0.25, 0.3) is 0 Å². The standard InChI is InChI=1S/C22H39N3O3/c1-22(2,3)28-21(27)23-15-9-7-5-6-8-14-20(26)24(4)16-10-11-17-25-18-12-13-19-25/h5-9,12-19H2,1-4H3,(H,23,27). The van der Waals surface area contributed by atoms with Gasteiger partial charge in [0.25, 0.3) is 0 Å². The van der Waals surface area contributed by atoms with Crippen molar-refractivity contribution in [2.24, 2.45) is 0 Å². The number of likely N-dealkylation sites (tertiary alicyclic amines) is 1. The van der Waals surface area contributed by atoms with Crippen LogP contribution < -0.4 is 5.32 Å². The number of carbonyl (C=O) groups is 2. The lowest BCUT2D eigenvalue weighted by molar-refractivity contribution is -0.129. The molecule has 2 amide bonds. The van der Waals surface area contributed by atoms with Crippen molar-refractivity contribution in [1.82, 2.24) is 15.1 Å². The molecule has 1 aliphatic rings. The first-order chi connectivity index (χ1) is 13.3. The third-order valence-electron chi connectivity index (χ3n) is 4.60. The van der Waals surface area contributed by atoms with Gasteiger partial charge < -0.3 is 15.0 Å². The molecular formula is C22H39N3O3. The van der Waals surface area contributed by atoms with Gasteiger partial charge in [0.05, 0.1) is 13.1 Å². The maximum atomic E-state index is 12.1. The minimum atomic E-state index is -0.455. The number of unbranched alkanes of at least 4 members (excludes halogenated alkanes) is 4. The first-order valence-electron chi connectivity index (χ1n) is 10.7. The van der Waals surface area contributed by atoms with Gasteiger partial charge in [0.15, 0.2) is 0 Å². The van der Waals surface area contributed by atoms with Crippen molar-refractivity contribution in [2.75, 3.05) is 39.8 Å². The fourth-order valence-electron chi connectivity index (χ4n) is 3.00. The summed E-state index contributed by atoms with van der Waals surface area (Å²) in [5, 5.41) is 2.77. The number of alkyl carbamates (subject to hydrolysis) is 1. The highest BCUT2D eigenvalue weighted by Gasteiger charge is 2.15. The molecule has 1 fully saturated rings. The Bertz CT molecular complexity index is 525. The molecule has 1 heterocycles. The van der Waals surface area contributed by atoms with Crippen LogP contribution in [0.15, 0.2) is 0 Å². The molecule has 0 aromatic rings. The maximum Gasteiger partial charge on any atom is 0.407 e. The summed E-state index contributed by atoms with van der Waals surface area (Å²) in [5.41, 5.74) is -0.455. The first kappa shape index (κ1) is 24.3. The Morgan fingerprint density at radius 1 is 1.04 bits per heavy atom. The normalized spacial score (nSPS) is 14.3. The van der Waals surface area contributed by atoms with Crippen molar-refractivity contribution in [3.05, 3.63) is 0 Å². The number of nitrogens with one attached hydrogen (secondary N) is 1. The van der Waals surface area contributed by atoms with Crippen LogP contribution in [-0.4, -0.2) is 67.2 Å². The molecule has 0 atom stereocenters. The highest BCUT2D eigenvalue weighted by atomic mass is 16.6. The van der Waals surface area contributed by atoms with Crippen molar-refractivity contribution >= 4 is 12.0 Å². The Hall–Kier alpha value is -1.74. The van der Waals surface area contributed by atoms with Crippen LogP contribution in [0.1, 0.15) is 72.1 Å². The van der Waals surface area contributed by atoms with Gasteiger partial charge in [0.1, 0.15) is 5.60 Å². The zero-order valence-corrected chi connectivity index (χ0v) is 18.3. The number of amides is 2. The van der Waals surface area contributed by atoms with Crippen LogP contribution in [0.3, 0.4) is 0 Å². The molecule has 6 nitrogen and oxygen atoms in total. The minimum Gasteiger partial charge on any atom is -0.444 e. The van der Waals surface area contributed by atoms with E-state index in [1.165, 1.54) is 12.8 Å². The second kappa shape index (κ2) is 13.4. The second-order valence-electron chi connectivity index (χ2n) is 8.53. The summed E-state index contributed by atoms with van der Waals surface area (Å²) in [5.74, 6) is 6.45. The van der Waals surface area contributed by atoms with E-state index in [1.807, 2.05) is 27.8 Å². The summed E-state index contributed by atoms with van der Waals surface area (Å²) in [6, 6.07) is 0. The Balaban J connectivity index is 1.96. The van der Waals surface area contributed by atoms with Gasteiger partial charge in [-0.1, -0.05) is 31.1 Å². The maximum absolute atomic E-state index is 12.1. The van der Waals surface area contributed by atoms with Gasteiger partial charge in [0, 0.05) is 20.0 Å². The highest BCUT2D eigenvalue weighted by molar-refractivity contribution is 5.76. The molecule has 0 aromatic heterocycles. The molecule has 0 aliphatic carbocycles. The smallest absolute Gasteiger partial charge is 0.407 e. The molecule has 0 aromatic carbocycles. The molecular weight excluding hydrogens is 354 g/mol. The molecule has 0 spiro atoms. The van der Waals surface area contributed by atoms with Crippen molar-refractivity contribution in [1.29, 1.82) is 0 Å². The lowest BCUT2D eigenvalue weighted by atomic mass is 10.1. The van der Waals surface area contributed by atoms with Crippen LogP contribution in [0.4, 0.5) is 4.79 Å². The lowest BCUT2D eigenvalue weighted by Crippen LogP contribution is -2.32. The SMILES string of the molecule is CN(CC#CCN1CCCC1)C(=O)CCCCCCCNC(=O)OC(C)(C)C. The highest BCUT2D eigenvalue weighted by Crippen LogP contribution is 2.08. The molecule has 0 bridgehead atoms. The number of rotatable bonds is 10. The molecule has 1 saturated heterocycles. The Labute approximate surface area is 171 Å². The Kier molecular flexibility index (Phi) is 11.7. The zero-order chi connectivity index (χ0) is 20.8. The van der Waals surface area contributed by atoms with Gasteiger partial charge in [-0.05, 0) is 59.5 Å². The molecule has 1 aliphatic heterocycles. The van der Waals surface area contributed by atoms with E-state index in [4.69, 9.17) is 4.74 Å². The third kappa shape index (κ3) is 12.6. The summed E-state index contributed by atoms with van der Waals surface area (Å²) < 4.78 is 5.19. The van der Waals surface area contributed by atoms with Crippen molar-refractivity contribution in [2.45, 2.75) is 77.7 Å². The van der Waals surface area contributed by atoms with Gasteiger partial charge in [-0.3, -0.25) is 9.69 Å². The molecule has 0 radical (unpaired) electrons. The number of hydrogen-bond acceptors (Lipinski definition) is 4. The first-order valence-corrected chi connectivity index (χ1v) is 10.7. The number of ether oxygens (including phenoxy) is 1. The van der Waals surface area contributed by atoms with Crippen molar-refractivity contribution < 1.29 is 14.3 Å². The third-order valence-corrected chi connectivity index (χ3v) is 4.60. The second-order valence-corrected chi connectivity index (χ2v) is 8.53. The topological polar surface area (TPSA) is 61.9 Å². The van der Waals surface area contributed by atoms with Gasteiger partial charge in [-0.2, -0.15) is 0 Å². The van der Waals surface area contributed by atoms with Crippen LogP contribution in [0.2, 0.25) is 0 Å². The van der Waals surface area contributed by atoms with Gasteiger partial charge in [-0.15, -0.1) is 0 Å². The molecule has 6 heteroatoms. The quantitative estimate of drug-likeness (QED) is 0.456. The number of nitrogens with zero attached hydrogens (tertiary/aromatic N) is 2. The monoisotopic (exact) mass is 393 g/mol. The fraction of sp³-hybridized carbons (Fsp3) is 0.818. The van der Waals surface area contributed by atoms with E-state index in [1.54, 1.807) is 4.90 Å². The van der Waals surface area contributed by atoms with E-state index in [-0.39, 0.29) is 12.0 Å². The molecule has 1 rings (SSSR count). The molecule has 0 unspecified atom stereocenters. The fourth-order valence-corrected chi connectivity index (χ4v) is 3.00. The van der Waals surface area contributed by atoms with Gasteiger partial charge >= 0.3 is 6.09 Å². The molecule has 28 heavy (non-hydrogen) atoms. The Morgan fingerprint density at radius 2 is 1.68 bits per heavy atom. The largest absolute Gasteiger partial charge is 0.444 e. The van der Waals surface area contributed by atoms with E-state index < -0.39 is 5.60 Å². The predicted molar refractivity (Wildman–Crippen MR) is 113 cm³/mol. The van der Waals surface area contributed by atoms with Gasteiger partial charge in [0.2, 0.25) is 5.91 Å². The molecule has 0 saturated carbocycles. The number of carbonyl (C=O) groups excluding carboxylic acids is 2. The van der Waals surface area contributed by atoms with E-state index in [0.29, 0.717) is 19.5 Å². The Morgan fingerprint density at radius 3 is 2.36 bits per heavy atom. The average molecular weight is 394 g/mol. The summed E-state index contributed by atoms with van der Waals surface area (Å²) in [6.45, 7) is 9.84. The van der Waals surface area contributed by atoms with Crippen LogP contribution in [0.5, 0.6) is 0 Å². The lowest BCUT2D eigenvalue weighted by Gasteiger charge is -2.19. The zero-order valence-electron chi connectivity index (χ0n) is 18.3. The molecule has 1 N–H and O–H groups in total. The number of hydrogen-bond donors (Lipinski definition) is 1. The summed E-state index contributed by atoms with van der Waals surface area (Å²) in [6.07, 6.45) is 7.77. The average Bonchev–Trinajstić information content (AvgIpc) is 3.12. The summed E-state index contributed by atoms with van der Waals surface area (Å²) in [4.78, 5) is 27.7. The van der Waals surface area contributed by atoms with E-state index in [9.17, 15) is 9.59 Å².